The van der Waals surface area contributed by atoms with Crippen LogP contribution in [0.4, 0.5) is 0 Å². The zero-order valence-electron chi connectivity index (χ0n) is 21.5. The van der Waals surface area contributed by atoms with E-state index < -0.39 is 0 Å². The van der Waals surface area contributed by atoms with Gasteiger partial charge in [0, 0.05) is 0 Å². The van der Waals surface area contributed by atoms with Gasteiger partial charge in [-0.2, -0.15) is 0 Å². The molecule has 35 heavy (non-hydrogen) atoms. The van der Waals surface area contributed by atoms with Crippen molar-refractivity contribution >= 4 is 5.97 Å². The Morgan fingerprint density at radius 2 is 0.971 bits per heavy atom. The van der Waals surface area contributed by atoms with Crippen molar-refractivity contribution in [3.05, 3.63) is 0 Å². The van der Waals surface area contributed by atoms with Gasteiger partial charge in [-0.3, -0.25) is 4.79 Å². The molecular weight excluding hydrogens is 462 g/mol. The Labute approximate surface area is 210 Å². The molecule has 1 aliphatic heterocycles. The van der Waals surface area contributed by atoms with E-state index in [1.54, 1.807) is 6.92 Å². The van der Waals surface area contributed by atoms with E-state index in [0.29, 0.717) is 112 Å². The average Bonchev–Trinajstić information content (AvgIpc) is 2.87. The van der Waals surface area contributed by atoms with Crippen molar-refractivity contribution in [1.82, 2.24) is 5.32 Å². The maximum atomic E-state index is 11.1. The summed E-state index contributed by atoms with van der Waals surface area (Å²) in [5, 5.41) is 3.32. The Hall–Kier alpha value is -0.890. The second kappa shape index (κ2) is 26.2. The highest BCUT2D eigenvalue weighted by atomic mass is 16.6. The third-order valence-electron chi connectivity index (χ3n) is 4.86. The van der Waals surface area contributed by atoms with Crippen molar-refractivity contribution in [3.8, 4) is 0 Å². The van der Waals surface area contributed by atoms with Gasteiger partial charge < -0.3 is 47.9 Å². The zero-order valence-corrected chi connectivity index (χ0v) is 21.5. The van der Waals surface area contributed by atoms with Crippen LogP contribution >= 0.6 is 0 Å². The largest absolute Gasteiger partial charge is 0.466 e. The summed E-state index contributed by atoms with van der Waals surface area (Å²) in [6.07, 6.45) is 2.80. The van der Waals surface area contributed by atoms with Crippen LogP contribution in [0.2, 0.25) is 0 Å². The molecule has 1 saturated heterocycles. The fraction of sp³-hybridized carbons (Fsp3) is 0.958. The van der Waals surface area contributed by atoms with Gasteiger partial charge in [-0.25, -0.2) is 0 Å². The molecule has 1 rings (SSSR count). The van der Waals surface area contributed by atoms with E-state index in [4.69, 9.17) is 42.6 Å². The molecule has 1 heterocycles. The first-order valence-corrected chi connectivity index (χ1v) is 12.8. The lowest BCUT2D eigenvalue weighted by Gasteiger charge is -2.22. The Morgan fingerprint density at radius 1 is 0.600 bits per heavy atom. The fourth-order valence-corrected chi connectivity index (χ4v) is 3.05. The molecule has 1 aliphatic rings. The van der Waals surface area contributed by atoms with E-state index in [1.165, 1.54) is 0 Å². The first-order valence-electron chi connectivity index (χ1n) is 12.8. The first-order chi connectivity index (χ1) is 17.3. The predicted molar refractivity (Wildman–Crippen MR) is 129 cm³/mol. The minimum atomic E-state index is -0.244. The third-order valence-corrected chi connectivity index (χ3v) is 4.86. The van der Waals surface area contributed by atoms with E-state index in [2.05, 4.69) is 5.32 Å². The third kappa shape index (κ3) is 23.3. The number of nitrogens with one attached hydrogen (secondary N) is 1. The molecule has 0 aromatic carbocycles. The molecule has 1 fully saturated rings. The maximum Gasteiger partial charge on any atom is 0.308 e. The van der Waals surface area contributed by atoms with Gasteiger partial charge in [0.15, 0.2) is 0 Å². The van der Waals surface area contributed by atoms with E-state index in [1.807, 2.05) is 0 Å². The summed E-state index contributed by atoms with van der Waals surface area (Å²) in [6, 6.07) is 0. The van der Waals surface area contributed by atoms with E-state index >= 15 is 0 Å². The molecular formula is C24H47NO10. The summed E-state index contributed by atoms with van der Waals surface area (Å²) in [5.74, 6) is -0.244. The number of ether oxygens (including phenoxy) is 9. The zero-order chi connectivity index (χ0) is 25.1. The molecule has 11 heteroatoms. The monoisotopic (exact) mass is 509 g/mol. The molecule has 0 amide bonds. The van der Waals surface area contributed by atoms with Gasteiger partial charge in [0.2, 0.25) is 0 Å². The lowest BCUT2D eigenvalue weighted by atomic mass is 10.1. The quantitative estimate of drug-likeness (QED) is 0.132. The molecule has 0 unspecified atom stereocenters. The second-order valence-electron chi connectivity index (χ2n) is 7.66. The molecule has 0 aromatic heterocycles. The van der Waals surface area contributed by atoms with Gasteiger partial charge in [-0.15, -0.1) is 0 Å². The predicted octanol–water partition coefficient (Wildman–Crippen LogP) is 0.824. The summed E-state index contributed by atoms with van der Waals surface area (Å²) in [4.78, 5) is 11.1. The first kappa shape index (κ1) is 32.1. The smallest absolute Gasteiger partial charge is 0.308 e. The van der Waals surface area contributed by atoms with Crippen molar-refractivity contribution in [1.29, 1.82) is 0 Å². The van der Waals surface area contributed by atoms with Crippen LogP contribution in [-0.4, -0.2) is 131 Å². The van der Waals surface area contributed by atoms with Gasteiger partial charge in [0.1, 0.15) is 0 Å². The van der Waals surface area contributed by atoms with Crippen LogP contribution in [0.3, 0.4) is 0 Å². The van der Waals surface area contributed by atoms with Gasteiger partial charge in [0.25, 0.3) is 0 Å². The van der Waals surface area contributed by atoms with Crippen LogP contribution in [0, 0.1) is 0 Å². The van der Waals surface area contributed by atoms with Gasteiger partial charge >= 0.3 is 5.97 Å². The number of hydrogen-bond acceptors (Lipinski definition) is 11. The molecule has 208 valence electrons. The molecule has 0 aromatic rings. The normalized spacial score (nSPS) is 14.4. The number of esters is 1. The molecule has 0 atom stereocenters. The van der Waals surface area contributed by atoms with Crippen LogP contribution in [0.25, 0.3) is 0 Å². The SMILES string of the molecule is CCOC(=O)CCOCCOCCOCCOCCOCCOCCOCCOC1CCNCC1. The molecule has 11 nitrogen and oxygen atoms in total. The average molecular weight is 510 g/mol. The maximum absolute atomic E-state index is 11.1. The molecule has 0 spiro atoms. The van der Waals surface area contributed by atoms with Crippen molar-refractivity contribution in [2.75, 3.05) is 119 Å². The Bertz CT molecular complexity index is 452. The van der Waals surface area contributed by atoms with Gasteiger partial charge in [-0.1, -0.05) is 0 Å². The highest BCUT2D eigenvalue weighted by Crippen LogP contribution is 2.06. The fourth-order valence-electron chi connectivity index (χ4n) is 3.05. The van der Waals surface area contributed by atoms with E-state index in [-0.39, 0.29) is 12.4 Å². The van der Waals surface area contributed by atoms with E-state index in [9.17, 15) is 4.79 Å². The molecule has 0 bridgehead atoms. The van der Waals surface area contributed by atoms with Crippen LogP contribution in [0.15, 0.2) is 0 Å². The molecule has 0 radical (unpaired) electrons. The number of piperidine rings is 1. The minimum absolute atomic E-state index is 0.244. The highest BCUT2D eigenvalue weighted by molar-refractivity contribution is 5.69. The topological polar surface area (TPSA) is 112 Å². The Balaban J connectivity index is 1.63. The van der Waals surface area contributed by atoms with Gasteiger partial charge in [0.05, 0.1) is 118 Å². The molecule has 0 saturated carbocycles. The number of carbonyl (C=O) groups excluding carboxylic acids is 1. The van der Waals surface area contributed by atoms with Crippen molar-refractivity contribution in [2.45, 2.75) is 32.3 Å². The Kier molecular flexibility index (Phi) is 24.0. The standard InChI is InChI=1S/C24H47NO10/c1-2-34-24(26)5-8-27-9-10-28-11-12-29-13-14-30-15-16-31-17-18-32-19-20-33-21-22-35-23-3-6-25-7-4-23/h23,25H,2-22H2,1H3. The summed E-state index contributed by atoms with van der Waals surface area (Å²) >= 11 is 0. The summed E-state index contributed by atoms with van der Waals surface area (Å²) in [6.45, 7) is 12.0. The van der Waals surface area contributed by atoms with E-state index in [0.717, 1.165) is 25.9 Å². The Morgan fingerprint density at radius 3 is 1.37 bits per heavy atom. The van der Waals surface area contributed by atoms with Crippen LogP contribution in [0.1, 0.15) is 26.2 Å². The molecule has 0 aliphatic carbocycles. The number of rotatable bonds is 26. The highest BCUT2D eigenvalue weighted by Gasteiger charge is 2.12. The van der Waals surface area contributed by atoms with Crippen LogP contribution in [-0.2, 0) is 47.4 Å². The number of carbonyl (C=O) groups is 1. The second-order valence-corrected chi connectivity index (χ2v) is 7.66. The summed E-state index contributed by atoms with van der Waals surface area (Å²) < 4.78 is 48.5. The van der Waals surface area contributed by atoms with Crippen LogP contribution in [0.5, 0.6) is 0 Å². The minimum Gasteiger partial charge on any atom is -0.466 e. The lowest BCUT2D eigenvalue weighted by molar-refractivity contribution is -0.144. The lowest BCUT2D eigenvalue weighted by Crippen LogP contribution is -2.33. The van der Waals surface area contributed by atoms with Crippen molar-refractivity contribution in [3.63, 3.8) is 0 Å². The van der Waals surface area contributed by atoms with Crippen molar-refractivity contribution < 1.29 is 47.4 Å². The van der Waals surface area contributed by atoms with Crippen LogP contribution < -0.4 is 5.32 Å². The molecule has 1 N–H and O–H groups in total. The number of hydrogen-bond donors (Lipinski definition) is 1. The summed E-state index contributed by atoms with van der Waals surface area (Å²) in [5.41, 5.74) is 0. The van der Waals surface area contributed by atoms with Gasteiger partial charge in [-0.05, 0) is 32.9 Å². The van der Waals surface area contributed by atoms with Crippen molar-refractivity contribution in [2.24, 2.45) is 0 Å². The summed E-state index contributed by atoms with van der Waals surface area (Å²) in [7, 11) is 0.